The summed E-state index contributed by atoms with van der Waals surface area (Å²) < 4.78 is 36.9. The molecule has 0 aliphatic heterocycles. The largest absolute Gasteiger partial charge is 0.484 e. The smallest absolute Gasteiger partial charge is 0.262 e. The first-order chi connectivity index (χ1) is 12.9. The molecule has 1 heterocycles. The number of nitrogens with zero attached hydrogens (tertiary/aromatic N) is 2. The molecular weight excluding hydrogens is 356 g/mol. The summed E-state index contributed by atoms with van der Waals surface area (Å²) in [5, 5.41) is 6.22. The molecule has 1 N–H and O–H groups in total. The number of hydrogen-bond donors (Lipinski definition) is 1. The van der Waals surface area contributed by atoms with Gasteiger partial charge in [-0.25, -0.2) is 8.78 Å². The van der Waals surface area contributed by atoms with Crippen molar-refractivity contribution in [2.24, 2.45) is 0 Å². The van der Waals surface area contributed by atoms with Crippen molar-refractivity contribution in [1.29, 1.82) is 0 Å². The van der Waals surface area contributed by atoms with Gasteiger partial charge in [-0.1, -0.05) is 19.0 Å². The molecule has 6 nitrogen and oxygen atoms in total. The highest BCUT2D eigenvalue weighted by Crippen LogP contribution is 2.22. The molecule has 27 heavy (non-hydrogen) atoms. The molecule has 0 fully saturated rings. The second-order valence-electron chi connectivity index (χ2n) is 6.10. The van der Waals surface area contributed by atoms with Crippen LogP contribution in [0.4, 0.5) is 14.5 Å². The van der Waals surface area contributed by atoms with Gasteiger partial charge in [0.2, 0.25) is 0 Å². The van der Waals surface area contributed by atoms with Crippen molar-refractivity contribution >= 4 is 11.6 Å². The van der Waals surface area contributed by atoms with E-state index < -0.39 is 17.5 Å². The van der Waals surface area contributed by atoms with E-state index in [1.54, 1.807) is 24.3 Å². The lowest BCUT2D eigenvalue weighted by Crippen LogP contribution is -2.20. The Labute approximate surface area is 154 Å². The minimum absolute atomic E-state index is 0.113. The molecule has 1 aromatic heterocycles. The van der Waals surface area contributed by atoms with Gasteiger partial charge in [0.25, 0.3) is 11.8 Å². The second kappa shape index (κ2) is 7.94. The molecule has 0 saturated heterocycles. The molecule has 0 spiro atoms. The first-order valence-electron chi connectivity index (χ1n) is 8.24. The van der Waals surface area contributed by atoms with Gasteiger partial charge in [0.15, 0.2) is 12.4 Å². The third kappa shape index (κ3) is 4.66. The maximum Gasteiger partial charge on any atom is 0.262 e. The molecule has 0 saturated carbocycles. The molecule has 2 aromatic carbocycles. The van der Waals surface area contributed by atoms with Crippen molar-refractivity contribution in [3.05, 3.63) is 59.9 Å². The Morgan fingerprint density at radius 2 is 1.93 bits per heavy atom. The molecule has 0 aliphatic rings. The molecule has 8 heteroatoms. The van der Waals surface area contributed by atoms with E-state index in [2.05, 4.69) is 15.5 Å². The van der Waals surface area contributed by atoms with E-state index in [1.165, 1.54) is 0 Å². The van der Waals surface area contributed by atoms with E-state index in [9.17, 15) is 13.6 Å². The average molecular weight is 373 g/mol. The van der Waals surface area contributed by atoms with Crippen molar-refractivity contribution < 1.29 is 22.8 Å². The van der Waals surface area contributed by atoms with Crippen LogP contribution in [0.5, 0.6) is 5.75 Å². The third-order valence-electron chi connectivity index (χ3n) is 3.63. The SMILES string of the molecule is CC(C)c1noc(-c2ccc(OCC(=O)Nc3ccc(F)cc3F)cc2)n1. The summed E-state index contributed by atoms with van der Waals surface area (Å²) in [6.45, 7) is 3.61. The van der Waals surface area contributed by atoms with E-state index in [-0.39, 0.29) is 18.2 Å². The molecule has 3 aromatic rings. The second-order valence-corrected chi connectivity index (χ2v) is 6.10. The summed E-state index contributed by atoms with van der Waals surface area (Å²) in [5.41, 5.74) is 0.609. The quantitative estimate of drug-likeness (QED) is 0.702. The number of aromatic nitrogens is 2. The van der Waals surface area contributed by atoms with E-state index in [0.717, 1.165) is 17.7 Å². The predicted octanol–water partition coefficient (Wildman–Crippen LogP) is 4.16. The molecule has 1 amide bonds. The standard InChI is InChI=1S/C19H17F2N3O3/c1-11(2)18-23-19(27-24-18)12-3-6-14(7-4-12)26-10-17(25)22-16-8-5-13(20)9-15(16)21/h3-9,11H,10H2,1-2H3,(H,22,25). The number of amides is 1. The van der Waals surface area contributed by atoms with Crippen LogP contribution in [-0.2, 0) is 4.79 Å². The maximum absolute atomic E-state index is 13.5. The minimum atomic E-state index is -0.854. The minimum Gasteiger partial charge on any atom is -0.484 e. The lowest BCUT2D eigenvalue weighted by Gasteiger charge is -2.08. The molecule has 140 valence electrons. The summed E-state index contributed by atoms with van der Waals surface area (Å²) in [4.78, 5) is 16.1. The molecular formula is C19H17F2N3O3. The van der Waals surface area contributed by atoms with Crippen molar-refractivity contribution in [3.8, 4) is 17.2 Å². The molecule has 0 bridgehead atoms. The number of halogens is 2. The van der Waals surface area contributed by atoms with Crippen molar-refractivity contribution in [2.75, 3.05) is 11.9 Å². The summed E-state index contributed by atoms with van der Waals surface area (Å²) >= 11 is 0. The van der Waals surface area contributed by atoms with Gasteiger partial charge in [-0.2, -0.15) is 4.98 Å². The number of ether oxygens (including phenoxy) is 1. The Balaban J connectivity index is 1.57. The third-order valence-corrected chi connectivity index (χ3v) is 3.63. The number of benzene rings is 2. The molecule has 3 rings (SSSR count). The first-order valence-corrected chi connectivity index (χ1v) is 8.24. The topological polar surface area (TPSA) is 77.2 Å². The van der Waals surface area contributed by atoms with Crippen LogP contribution in [0, 0.1) is 11.6 Å². The van der Waals surface area contributed by atoms with Crippen LogP contribution in [-0.4, -0.2) is 22.7 Å². The average Bonchev–Trinajstić information content (AvgIpc) is 3.13. The molecule has 0 atom stereocenters. The zero-order valence-corrected chi connectivity index (χ0v) is 14.7. The number of carbonyl (C=O) groups excluding carboxylic acids is 1. The number of hydrogen-bond acceptors (Lipinski definition) is 5. The Kier molecular flexibility index (Phi) is 5.44. The fraction of sp³-hybridized carbons (Fsp3) is 0.211. The van der Waals surface area contributed by atoms with Crippen LogP contribution in [0.1, 0.15) is 25.6 Å². The van der Waals surface area contributed by atoms with Crippen molar-refractivity contribution in [2.45, 2.75) is 19.8 Å². The van der Waals surface area contributed by atoms with Crippen molar-refractivity contribution in [1.82, 2.24) is 10.1 Å². The zero-order chi connectivity index (χ0) is 19.4. The maximum atomic E-state index is 13.5. The summed E-state index contributed by atoms with van der Waals surface area (Å²) in [6.07, 6.45) is 0. The van der Waals surface area contributed by atoms with E-state index >= 15 is 0 Å². The summed E-state index contributed by atoms with van der Waals surface area (Å²) in [6, 6.07) is 9.65. The summed E-state index contributed by atoms with van der Waals surface area (Å²) in [5.74, 6) is -0.517. The van der Waals surface area contributed by atoms with Crippen LogP contribution in [0.3, 0.4) is 0 Å². The highest BCUT2D eigenvalue weighted by Gasteiger charge is 2.12. The van der Waals surface area contributed by atoms with Crippen LogP contribution < -0.4 is 10.1 Å². The fourth-order valence-corrected chi connectivity index (χ4v) is 2.21. The lowest BCUT2D eigenvalue weighted by atomic mass is 10.2. The zero-order valence-electron chi connectivity index (χ0n) is 14.7. The van der Waals surface area contributed by atoms with Gasteiger partial charge in [0.05, 0.1) is 5.69 Å². The highest BCUT2D eigenvalue weighted by molar-refractivity contribution is 5.92. The van der Waals surface area contributed by atoms with Gasteiger partial charge in [0, 0.05) is 17.5 Å². The Hall–Kier alpha value is -3.29. The van der Waals surface area contributed by atoms with Gasteiger partial charge in [0.1, 0.15) is 17.4 Å². The van der Waals surface area contributed by atoms with Crippen molar-refractivity contribution in [3.63, 3.8) is 0 Å². The van der Waals surface area contributed by atoms with Gasteiger partial charge in [-0.15, -0.1) is 0 Å². The molecule has 0 unspecified atom stereocenters. The van der Waals surface area contributed by atoms with Crippen LogP contribution in [0.25, 0.3) is 11.5 Å². The van der Waals surface area contributed by atoms with Gasteiger partial charge in [-0.3, -0.25) is 4.79 Å². The molecule has 0 aliphatic carbocycles. The van der Waals surface area contributed by atoms with Gasteiger partial charge in [-0.05, 0) is 36.4 Å². The summed E-state index contributed by atoms with van der Waals surface area (Å²) in [7, 11) is 0. The number of rotatable bonds is 6. The van der Waals surface area contributed by atoms with Crippen LogP contribution in [0.15, 0.2) is 47.0 Å². The molecule has 0 radical (unpaired) electrons. The normalized spacial score (nSPS) is 10.9. The van der Waals surface area contributed by atoms with Crippen LogP contribution in [0.2, 0.25) is 0 Å². The number of carbonyl (C=O) groups is 1. The monoisotopic (exact) mass is 373 g/mol. The Morgan fingerprint density at radius 3 is 2.56 bits per heavy atom. The highest BCUT2D eigenvalue weighted by atomic mass is 19.1. The number of nitrogens with one attached hydrogen (secondary N) is 1. The van der Waals surface area contributed by atoms with Gasteiger partial charge < -0.3 is 14.6 Å². The van der Waals surface area contributed by atoms with Gasteiger partial charge >= 0.3 is 0 Å². The lowest BCUT2D eigenvalue weighted by molar-refractivity contribution is -0.118. The fourth-order valence-electron chi connectivity index (χ4n) is 2.21. The predicted molar refractivity (Wildman–Crippen MR) is 94.3 cm³/mol. The number of anilines is 1. The van der Waals surface area contributed by atoms with E-state index in [1.807, 2.05) is 13.8 Å². The Bertz CT molecular complexity index is 940. The Morgan fingerprint density at radius 1 is 1.19 bits per heavy atom. The first kappa shape index (κ1) is 18.5. The van der Waals surface area contributed by atoms with E-state index in [0.29, 0.717) is 23.5 Å². The van der Waals surface area contributed by atoms with E-state index in [4.69, 9.17) is 9.26 Å². The van der Waals surface area contributed by atoms with Crippen LogP contribution >= 0.6 is 0 Å².